The second kappa shape index (κ2) is 13.4. The number of piperidine rings is 1. The molecule has 6 rings (SSSR count). The van der Waals surface area contributed by atoms with Gasteiger partial charge in [-0.1, -0.05) is 54.6 Å². The van der Waals surface area contributed by atoms with Crippen LogP contribution in [0.15, 0.2) is 71.7 Å². The summed E-state index contributed by atoms with van der Waals surface area (Å²) in [5, 5.41) is 9.97. The molecule has 0 amide bonds. The zero-order chi connectivity index (χ0) is 29.6. The maximum absolute atomic E-state index is 12.2. The van der Waals surface area contributed by atoms with Crippen LogP contribution in [0, 0.1) is 18.3 Å². The average Bonchev–Trinajstić information content (AvgIpc) is 3.39. The minimum atomic E-state index is -0.0107. The van der Waals surface area contributed by atoms with Gasteiger partial charge in [0.1, 0.15) is 18.2 Å². The number of aromatic amines is 1. The Morgan fingerprint density at radius 1 is 1.00 bits per heavy atom. The highest BCUT2D eigenvalue weighted by Crippen LogP contribution is 2.35. The van der Waals surface area contributed by atoms with Gasteiger partial charge in [-0.3, -0.25) is 14.4 Å². The molecule has 9 heteroatoms. The molecule has 43 heavy (non-hydrogen) atoms. The normalized spacial score (nSPS) is 16.7. The maximum atomic E-state index is 12.2. The first-order valence-electron chi connectivity index (χ1n) is 15.1. The van der Waals surface area contributed by atoms with Crippen molar-refractivity contribution < 1.29 is 9.47 Å². The number of H-pyrrole nitrogens is 1. The smallest absolute Gasteiger partial charge is 0.325 e. The third-order valence-electron chi connectivity index (χ3n) is 8.40. The van der Waals surface area contributed by atoms with Crippen LogP contribution in [0.25, 0.3) is 22.4 Å². The van der Waals surface area contributed by atoms with E-state index in [-0.39, 0.29) is 11.7 Å². The summed E-state index contributed by atoms with van der Waals surface area (Å²) in [5.41, 5.74) is 6.25. The largest absolute Gasteiger partial charge is 0.475 e. The number of hydrogen-bond donors (Lipinski definition) is 1. The Labute approximate surface area is 252 Å². The number of imidazole rings is 1. The molecule has 2 aromatic carbocycles. The number of ether oxygens (including phenoxy) is 2. The highest BCUT2D eigenvalue weighted by Gasteiger charge is 2.22. The lowest BCUT2D eigenvalue weighted by molar-refractivity contribution is 0.0320. The number of nitrogens with zero attached hydrogens (tertiary/aromatic N) is 5. The van der Waals surface area contributed by atoms with Crippen molar-refractivity contribution in [2.75, 3.05) is 52.5 Å². The highest BCUT2D eigenvalue weighted by atomic mass is 16.5. The van der Waals surface area contributed by atoms with E-state index in [1.54, 1.807) is 0 Å². The Bertz CT molecular complexity index is 1610. The quantitative estimate of drug-likeness (QED) is 0.309. The van der Waals surface area contributed by atoms with Crippen molar-refractivity contribution in [3.8, 4) is 34.3 Å². The minimum Gasteiger partial charge on any atom is -0.475 e. The van der Waals surface area contributed by atoms with Crippen LogP contribution in [0.5, 0.6) is 5.88 Å². The van der Waals surface area contributed by atoms with E-state index in [4.69, 9.17) is 14.5 Å². The van der Waals surface area contributed by atoms with Crippen LogP contribution in [-0.4, -0.2) is 76.9 Å². The van der Waals surface area contributed by atoms with Crippen LogP contribution in [-0.2, 0) is 11.3 Å². The van der Waals surface area contributed by atoms with Crippen LogP contribution < -0.4 is 10.4 Å². The van der Waals surface area contributed by atoms with E-state index in [1.165, 1.54) is 5.56 Å². The molecule has 0 unspecified atom stereocenters. The van der Waals surface area contributed by atoms with Crippen LogP contribution in [0.2, 0.25) is 0 Å². The molecule has 2 fully saturated rings. The maximum Gasteiger partial charge on any atom is 0.325 e. The van der Waals surface area contributed by atoms with Gasteiger partial charge in [0.25, 0.3) is 0 Å². The van der Waals surface area contributed by atoms with E-state index < -0.39 is 0 Å². The van der Waals surface area contributed by atoms with Crippen LogP contribution in [0.4, 0.5) is 0 Å². The topological polar surface area (TPSA) is 99.4 Å². The van der Waals surface area contributed by atoms with Gasteiger partial charge in [0.2, 0.25) is 5.88 Å². The summed E-state index contributed by atoms with van der Waals surface area (Å²) in [6.45, 7) is 9.14. The highest BCUT2D eigenvalue weighted by molar-refractivity contribution is 5.82. The number of aryl methyl sites for hydroxylation is 1. The molecule has 0 bridgehead atoms. The SMILES string of the molecule is Cc1cn(C2CCN(Cc3ccc(-c4nc(OCCN5CCOCC5)c(C#N)cc4-c4ccccc4)cc3)CC2)c(=O)[nH]1. The van der Waals surface area contributed by atoms with E-state index in [2.05, 4.69) is 45.1 Å². The molecule has 1 N–H and O–H groups in total. The number of rotatable bonds is 9. The summed E-state index contributed by atoms with van der Waals surface area (Å²) in [6.07, 6.45) is 3.85. The molecular formula is C34H38N6O3. The number of nitrogens with one attached hydrogen (secondary N) is 1. The number of hydrogen-bond acceptors (Lipinski definition) is 7. The van der Waals surface area contributed by atoms with Crippen molar-refractivity contribution in [3.05, 3.63) is 94.2 Å². The molecule has 2 saturated heterocycles. The van der Waals surface area contributed by atoms with Gasteiger partial charge in [-0.05, 0) is 37.0 Å². The summed E-state index contributed by atoms with van der Waals surface area (Å²) in [5.74, 6) is 0.370. The van der Waals surface area contributed by atoms with E-state index in [0.29, 0.717) is 18.1 Å². The van der Waals surface area contributed by atoms with Gasteiger partial charge in [0.15, 0.2) is 0 Å². The van der Waals surface area contributed by atoms with E-state index >= 15 is 0 Å². The number of aromatic nitrogens is 3. The minimum absolute atomic E-state index is 0.0107. The summed E-state index contributed by atoms with van der Waals surface area (Å²) in [6, 6.07) is 23.1. The fourth-order valence-corrected chi connectivity index (χ4v) is 6.03. The summed E-state index contributed by atoms with van der Waals surface area (Å²) < 4.78 is 13.4. The predicted octanol–water partition coefficient (Wildman–Crippen LogP) is 4.63. The van der Waals surface area contributed by atoms with Gasteiger partial charge in [0, 0.05) is 68.3 Å². The van der Waals surface area contributed by atoms with Crippen molar-refractivity contribution in [1.82, 2.24) is 24.3 Å². The molecule has 0 atom stereocenters. The predicted molar refractivity (Wildman–Crippen MR) is 166 cm³/mol. The van der Waals surface area contributed by atoms with Gasteiger partial charge in [-0.15, -0.1) is 0 Å². The molecule has 9 nitrogen and oxygen atoms in total. The van der Waals surface area contributed by atoms with Crippen molar-refractivity contribution in [1.29, 1.82) is 5.26 Å². The second-order valence-electron chi connectivity index (χ2n) is 11.4. The molecular weight excluding hydrogens is 540 g/mol. The zero-order valence-corrected chi connectivity index (χ0v) is 24.7. The molecule has 2 aliphatic rings. The summed E-state index contributed by atoms with van der Waals surface area (Å²) >= 11 is 0. The summed E-state index contributed by atoms with van der Waals surface area (Å²) in [7, 11) is 0. The molecule has 0 aliphatic carbocycles. The van der Waals surface area contributed by atoms with Gasteiger partial charge in [-0.2, -0.15) is 5.26 Å². The number of morpholine rings is 1. The fourth-order valence-electron chi connectivity index (χ4n) is 6.03. The Morgan fingerprint density at radius 2 is 1.74 bits per heavy atom. The van der Waals surface area contributed by atoms with Crippen LogP contribution in [0.1, 0.15) is 35.7 Å². The van der Waals surface area contributed by atoms with Crippen LogP contribution in [0.3, 0.4) is 0 Å². The van der Waals surface area contributed by atoms with E-state index in [1.807, 2.05) is 54.1 Å². The second-order valence-corrected chi connectivity index (χ2v) is 11.4. The van der Waals surface area contributed by atoms with Gasteiger partial charge in [-0.25, -0.2) is 9.78 Å². The average molecular weight is 579 g/mol. The number of nitriles is 1. The number of pyridine rings is 1. The van der Waals surface area contributed by atoms with Crippen molar-refractivity contribution in [2.45, 2.75) is 32.4 Å². The van der Waals surface area contributed by atoms with E-state index in [9.17, 15) is 10.1 Å². The zero-order valence-electron chi connectivity index (χ0n) is 24.7. The molecule has 0 saturated carbocycles. The number of likely N-dealkylation sites (tertiary alicyclic amines) is 1. The third-order valence-corrected chi connectivity index (χ3v) is 8.40. The Morgan fingerprint density at radius 3 is 2.42 bits per heavy atom. The molecule has 4 heterocycles. The first-order chi connectivity index (χ1) is 21.1. The van der Waals surface area contributed by atoms with E-state index in [0.717, 1.165) is 93.4 Å². The standard InChI is InChI=1S/C34H38N6O3/c1-25-23-40(34(41)36-25)30-11-13-39(14-12-30)24-26-7-9-28(10-8-26)32-31(27-5-3-2-4-6-27)21-29(22-35)33(37-32)43-20-17-38-15-18-42-19-16-38/h2-10,21,23,30H,11-20,24H2,1H3,(H,36,41). The van der Waals surface area contributed by atoms with Crippen molar-refractivity contribution in [3.63, 3.8) is 0 Å². The van der Waals surface area contributed by atoms with Gasteiger partial charge in [0.05, 0.1) is 18.9 Å². The summed E-state index contributed by atoms with van der Waals surface area (Å²) in [4.78, 5) is 24.8. The van der Waals surface area contributed by atoms with Crippen molar-refractivity contribution in [2.24, 2.45) is 0 Å². The monoisotopic (exact) mass is 578 g/mol. The fraction of sp³-hybridized carbons (Fsp3) is 0.382. The first kappa shape index (κ1) is 28.9. The van der Waals surface area contributed by atoms with Crippen molar-refractivity contribution >= 4 is 0 Å². The Kier molecular flexibility index (Phi) is 8.99. The first-order valence-corrected chi connectivity index (χ1v) is 15.1. The molecule has 0 spiro atoms. The molecule has 2 aromatic heterocycles. The number of benzene rings is 2. The van der Waals surface area contributed by atoms with Gasteiger partial charge < -0.3 is 14.5 Å². The lowest BCUT2D eigenvalue weighted by Crippen LogP contribution is -2.38. The Balaban J connectivity index is 1.18. The lowest BCUT2D eigenvalue weighted by atomic mass is 9.97. The lowest BCUT2D eigenvalue weighted by Gasteiger charge is -2.32. The van der Waals surface area contributed by atoms with Gasteiger partial charge >= 0.3 is 5.69 Å². The Hall–Kier alpha value is -4.23. The molecule has 2 aliphatic heterocycles. The molecule has 222 valence electrons. The molecule has 0 radical (unpaired) electrons. The van der Waals surface area contributed by atoms with Crippen LogP contribution >= 0.6 is 0 Å². The third kappa shape index (κ3) is 6.89. The molecule has 4 aromatic rings.